The van der Waals surface area contributed by atoms with E-state index < -0.39 is 6.04 Å². The molecule has 4 amide bonds. The number of hydrogen-bond donors (Lipinski definition) is 2. The van der Waals surface area contributed by atoms with Gasteiger partial charge < -0.3 is 20.4 Å². The van der Waals surface area contributed by atoms with Crippen molar-refractivity contribution in [1.29, 1.82) is 0 Å². The van der Waals surface area contributed by atoms with E-state index in [-0.39, 0.29) is 34.8 Å². The lowest BCUT2D eigenvalue weighted by atomic mass is 9.96. The van der Waals surface area contributed by atoms with Crippen molar-refractivity contribution in [2.75, 3.05) is 26.2 Å². The summed E-state index contributed by atoms with van der Waals surface area (Å²) in [5, 5.41) is 6.47. The number of nitrogens with zero attached hydrogens (tertiary/aromatic N) is 2. The normalized spacial score (nSPS) is 18.1. The van der Waals surface area contributed by atoms with Gasteiger partial charge in [-0.05, 0) is 37.5 Å². The molecule has 0 aromatic heterocycles. The summed E-state index contributed by atoms with van der Waals surface area (Å²) in [6.07, 6.45) is 2.68. The minimum Gasteiger partial charge on any atom is -0.340 e. The molecule has 0 aliphatic carbocycles. The van der Waals surface area contributed by atoms with Gasteiger partial charge in [-0.15, -0.1) is 0 Å². The first-order valence-corrected chi connectivity index (χ1v) is 12.0. The van der Waals surface area contributed by atoms with Crippen LogP contribution in [-0.4, -0.2) is 65.9 Å². The highest BCUT2D eigenvalue weighted by molar-refractivity contribution is 6.42. The average molecular weight is 485 g/mol. The summed E-state index contributed by atoms with van der Waals surface area (Å²) < 4.78 is 0. The van der Waals surface area contributed by atoms with E-state index in [2.05, 4.69) is 17.6 Å². The largest absolute Gasteiger partial charge is 0.340 e. The van der Waals surface area contributed by atoms with Crippen LogP contribution in [-0.2, 0) is 4.79 Å². The van der Waals surface area contributed by atoms with Crippen LogP contribution in [0.15, 0.2) is 18.2 Å². The van der Waals surface area contributed by atoms with Crippen LogP contribution in [0, 0.1) is 5.92 Å². The number of nitrogens with one attached hydrogen (secondary N) is 2. The van der Waals surface area contributed by atoms with E-state index in [1.165, 1.54) is 6.07 Å². The van der Waals surface area contributed by atoms with Gasteiger partial charge in [0.05, 0.1) is 10.0 Å². The average Bonchev–Trinajstić information content (AvgIpc) is 2.78. The summed E-state index contributed by atoms with van der Waals surface area (Å²) in [6.45, 7) is 9.90. The SMILES string of the molecule is CCCCNC(=O)N1CCN(C(=O)C(NC(=O)c2ccc(Cl)c(Cl)c2)C(C)CC)CC1C. The van der Waals surface area contributed by atoms with E-state index in [4.69, 9.17) is 23.2 Å². The van der Waals surface area contributed by atoms with Crippen molar-refractivity contribution in [3.63, 3.8) is 0 Å². The first-order valence-electron chi connectivity index (χ1n) is 11.3. The van der Waals surface area contributed by atoms with Crippen LogP contribution in [0.5, 0.6) is 0 Å². The van der Waals surface area contributed by atoms with Gasteiger partial charge in [-0.3, -0.25) is 9.59 Å². The number of piperazine rings is 1. The molecule has 0 saturated carbocycles. The van der Waals surface area contributed by atoms with E-state index in [1.807, 2.05) is 20.8 Å². The molecule has 0 radical (unpaired) electrons. The molecule has 1 aromatic rings. The fourth-order valence-corrected chi connectivity index (χ4v) is 3.97. The Morgan fingerprint density at radius 2 is 1.88 bits per heavy atom. The van der Waals surface area contributed by atoms with Gasteiger partial charge in [-0.2, -0.15) is 0 Å². The fourth-order valence-electron chi connectivity index (χ4n) is 3.67. The van der Waals surface area contributed by atoms with Gasteiger partial charge in [0.15, 0.2) is 0 Å². The Bertz CT molecular complexity index is 820. The molecular weight excluding hydrogens is 451 g/mol. The van der Waals surface area contributed by atoms with Crippen molar-refractivity contribution < 1.29 is 14.4 Å². The number of rotatable bonds is 8. The standard InChI is InChI=1S/C23H34Cl2N4O3/c1-5-7-10-26-23(32)29-12-11-28(14-16(29)4)22(31)20(15(3)6-2)27-21(30)17-8-9-18(24)19(25)13-17/h8-9,13,15-16,20H,5-7,10-12,14H2,1-4H3,(H,26,32)(H,27,30). The molecule has 0 spiro atoms. The van der Waals surface area contributed by atoms with Crippen LogP contribution < -0.4 is 10.6 Å². The van der Waals surface area contributed by atoms with E-state index >= 15 is 0 Å². The Labute approximate surface area is 200 Å². The van der Waals surface area contributed by atoms with Crippen LogP contribution in [0.25, 0.3) is 0 Å². The second kappa shape index (κ2) is 12.3. The molecular formula is C23H34Cl2N4O3. The number of benzene rings is 1. The van der Waals surface area contributed by atoms with Gasteiger partial charge >= 0.3 is 6.03 Å². The molecule has 1 fully saturated rings. The summed E-state index contributed by atoms with van der Waals surface area (Å²) in [4.78, 5) is 42.1. The number of unbranched alkanes of at least 4 members (excludes halogenated alkanes) is 1. The van der Waals surface area contributed by atoms with Crippen molar-refractivity contribution in [1.82, 2.24) is 20.4 Å². The summed E-state index contributed by atoms with van der Waals surface area (Å²) >= 11 is 12.0. The molecule has 1 aliphatic heterocycles. The Morgan fingerprint density at radius 1 is 1.16 bits per heavy atom. The first kappa shape index (κ1) is 26.3. The summed E-state index contributed by atoms with van der Waals surface area (Å²) in [5.41, 5.74) is 0.349. The summed E-state index contributed by atoms with van der Waals surface area (Å²) in [6, 6.07) is 3.77. The highest BCUT2D eigenvalue weighted by Gasteiger charge is 2.35. The molecule has 3 unspecified atom stereocenters. The minimum atomic E-state index is -0.668. The zero-order valence-electron chi connectivity index (χ0n) is 19.3. The van der Waals surface area contributed by atoms with Crippen LogP contribution in [0.2, 0.25) is 10.0 Å². The molecule has 3 atom stereocenters. The third kappa shape index (κ3) is 6.75. The Morgan fingerprint density at radius 3 is 2.47 bits per heavy atom. The molecule has 1 heterocycles. The lowest BCUT2D eigenvalue weighted by molar-refractivity contribution is -0.136. The van der Waals surface area contributed by atoms with Crippen molar-refractivity contribution in [3.05, 3.63) is 33.8 Å². The molecule has 178 valence electrons. The number of halogens is 2. The second-order valence-electron chi connectivity index (χ2n) is 8.38. The van der Waals surface area contributed by atoms with Crippen molar-refractivity contribution in [2.24, 2.45) is 5.92 Å². The van der Waals surface area contributed by atoms with E-state index in [9.17, 15) is 14.4 Å². The number of hydrogen-bond acceptors (Lipinski definition) is 3. The maximum absolute atomic E-state index is 13.4. The quantitative estimate of drug-likeness (QED) is 0.542. The lowest BCUT2D eigenvalue weighted by Gasteiger charge is -2.41. The third-order valence-corrected chi connectivity index (χ3v) is 6.69. The predicted octanol–water partition coefficient (Wildman–Crippen LogP) is 4.18. The molecule has 1 saturated heterocycles. The maximum Gasteiger partial charge on any atom is 0.317 e. The highest BCUT2D eigenvalue weighted by Crippen LogP contribution is 2.23. The van der Waals surface area contributed by atoms with E-state index in [0.717, 1.165) is 19.3 Å². The molecule has 32 heavy (non-hydrogen) atoms. The smallest absolute Gasteiger partial charge is 0.317 e. The van der Waals surface area contributed by atoms with Gasteiger partial charge in [0.1, 0.15) is 6.04 Å². The van der Waals surface area contributed by atoms with Crippen molar-refractivity contribution in [2.45, 2.75) is 59.0 Å². The molecule has 7 nitrogen and oxygen atoms in total. The maximum atomic E-state index is 13.4. The number of carbonyl (C=O) groups is 3. The number of amides is 4. The molecule has 0 bridgehead atoms. The first-order chi connectivity index (χ1) is 15.2. The predicted molar refractivity (Wildman–Crippen MR) is 128 cm³/mol. The fraction of sp³-hybridized carbons (Fsp3) is 0.609. The van der Waals surface area contributed by atoms with Gasteiger partial charge in [0.25, 0.3) is 5.91 Å². The van der Waals surface area contributed by atoms with E-state index in [0.29, 0.717) is 36.8 Å². The van der Waals surface area contributed by atoms with Crippen LogP contribution in [0.1, 0.15) is 57.3 Å². The molecule has 2 rings (SSSR count). The van der Waals surface area contributed by atoms with Crippen molar-refractivity contribution >= 4 is 41.0 Å². The minimum absolute atomic E-state index is 0.0556. The van der Waals surface area contributed by atoms with Gasteiger partial charge in [-0.25, -0.2) is 4.79 Å². The Kier molecular flexibility index (Phi) is 10.1. The van der Waals surface area contributed by atoms with Gasteiger partial charge in [-0.1, -0.05) is 56.8 Å². The second-order valence-corrected chi connectivity index (χ2v) is 9.19. The van der Waals surface area contributed by atoms with Gasteiger partial charge in [0.2, 0.25) is 5.91 Å². The van der Waals surface area contributed by atoms with E-state index in [1.54, 1.807) is 21.9 Å². The monoisotopic (exact) mass is 484 g/mol. The summed E-state index contributed by atoms with van der Waals surface area (Å²) in [5.74, 6) is -0.560. The van der Waals surface area contributed by atoms with Crippen LogP contribution >= 0.6 is 23.2 Å². The van der Waals surface area contributed by atoms with Crippen LogP contribution in [0.3, 0.4) is 0 Å². The molecule has 1 aliphatic rings. The topological polar surface area (TPSA) is 81.8 Å². The molecule has 9 heteroatoms. The number of carbonyl (C=O) groups excluding carboxylic acids is 3. The van der Waals surface area contributed by atoms with Gasteiger partial charge in [0, 0.05) is 37.8 Å². The Hall–Kier alpha value is -1.99. The van der Waals surface area contributed by atoms with Crippen LogP contribution in [0.4, 0.5) is 4.79 Å². The zero-order chi connectivity index (χ0) is 23.8. The lowest BCUT2D eigenvalue weighted by Crippen LogP contribution is -2.61. The van der Waals surface area contributed by atoms with Crippen molar-refractivity contribution in [3.8, 4) is 0 Å². The molecule has 1 aromatic carbocycles. The number of urea groups is 1. The summed E-state index contributed by atoms with van der Waals surface area (Å²) in [7, 11) is 0. The third-order valence-electron chi connectivity index (χ3n) is 5.95. The molecule has 2 N–H and O–H groups in total. The zero-order valence-corrected chi connectivity index (χ0v) is 20.8. The Balaban J connectivity index is 2.05. The highest BCUT2D eigenvalue weighted by atomic mass is 35.5.